The van der Waals surface area contributed by atoms with Gasteiger partial charge in [-0.2, -0.15) is 0 Å². The number of aliphatic hydroxyl groups excluding tert-OH is 1. The van der Waals surface area contributed by atoms with Crippen LogP contribution >= 0.6 is 0 Å². The Kier molecular flexibility index (Phi) is 9.37. The number of hydrogen-bond donors (Lipinski definition) is 2. The smallest absolute Gasteiger partial charge is 0.309 e. The van der Waals surface area contributed by atoms with Gasteiger partial charge in [0.2, 0.25) is 0 Å². The standard InChI is InChI=1S/C16H27NO5/c1-5-6-7-8-9-13(18)10-16(21)22-14(11-15(19)20)12-17(2,3)4/h5-6,8-9,13-14,18H,7,10-12H2,1-4H3/p+1/b6-5+,9-8+. The number of rotatable bonds is 10. The maximum Gasteiger partial charge on any atom is 0.309 e. The molecule has 0 fully saturated rings. The molecular weight excluding hydrogens is 286 g/mol. The van der Waals surface area contributed by atoms with Gasteiger partial charge >= 0.3 is 11.9 Å². The molecule has 0 spiro atoms. The number of aliphatic carboxylic acids is 1. The molecule has 0 saturated heterocycles. The first kappa shape index (κ1) is 20.3. The number of quaternary nitrogens is 1. The van der Waals surface area contributed by atoms with Crippen molar-refractivity contribution in [3.63, 3.8) is 0 Å². The number of hydrogen-bond acceptors (Lipinski definition) is 4. The second-order valence-corrected chi connectivity index (χ2v) is 6.19. The normalized spacial score (nSPS) is 15.1. The fourth-order valence-corrected chi connectivity index (χ4v) is 1.87. The molecule has 0 radical (unpaired) electrons. The number of nitrogens with zero attached hydrogens (tertiary/aromatic N) is 1. The summed E-state index contributed by atoms with van der Waals surface area (Å²) in [6.45, 7) is 2.29. The summed E-state index contributed by atoms with van der Waals surface area (Å²) in [4.78, 5) is 22.6. The molecule has 0 aliphatic rings. The van der Waals surface area contributed by atoms with E-state index < -0.39 is 24.1 Å². The van der Waals surface area contributed by atoms with Crippen LogP contribution in [0.3, 0.4) is 0 Å². The highest BCUT2D eigenvalue weighted by Gasteiger charge is 2.25. The van der Waals surface area contributed by atoms with Crippen LogP contribution in [0, 0.1) is 0 Å². The van der Waals surface area contributed by atoms with E-state index >= 15 is 0 Å². The van der Waals surface area contributed by atoms with Crippen molar-refractivity contribution in [2.75, 3.05) is 27.7 Å². The van der Waals surface area contributed by atoms with Gasteiger partial charge < -0.3 is 19.4 Å². The lowest BCUT2D eigenvalue weighted by Gasteiger charge is -2.28. The van der Waals surface area contributed by atoms with E-state index in [-0.39, 0.29) is 12.8 Å². The molecule has 0 aliphatic heterocycles. The summed E-state index contributed by atoms with van der Waals surface area (Å²) in [7, 11) is 5.67. The Morgan fingerprint density at radius 3 is 2.32 bits per heavy atom. The van der Waals surface area contributed by atoms with Crippen molar-refractivity contribution in [1.29, 1.82) is 0 Å². The number of carboxylic acid groups (broad SMARTS) is 1. The van der Waals surface area contributed by atoms with Crippen LogP contribution in [0.25, 0.3) is 0 Å². The predicted molar refractivity (Wildman–Crippen MR) is 84.2 cm³/mol. The summed E-state index contributed by atoms with van der Waals surface area (Å²) in [5.41, 5.74) is 0. The molecule has 6 nitrogen and oxygen atoms in total. The van der Waals surface area contributed by atoms with E-state index in [1.807, 2.05) is 40.2 Å². The van der Waals surface area contributed by atoms with E-state index in [1.54, 1.807) is 6.08 Å². The summed E-state index contributed by atoms with van der Waals surface area (Å²) in [5, 5.41) is 18.6. The fraction of sp³-hybridized carbons (Fsp3) is 0.625. The molecule has 0 bridgehead atoms. The molecule has 0 amide bonds. The zero-order valence-corrected chi connectivity index (χ0v) is 13.9. The molecule has 2 N–H and O–H groups in total. The SMILES string of the molecule is C/C=C/C/C=C/C(O)CC(=O)OC(CC(=O)O)C[N+](C)(C)C. The monoisotopic (exact) mass is 314 g/mol. The molecule has 2 atom stereocenters. The van der Waals surface area contributed by atoms with Gasteiger partial charge in [0.1, 0.15) is 6.54 Å². The number of likely N-dealkylation sites (N-methyl/N-ethyl adjacent to an activating group) is 1. The van der Waals surface area contributed by atoms with Crippen LogP contribution in [0.4, 0.5) is 0 Å². The molecule has 0 heterocycles. The van der Waals surface area contributed by atoms with E-state index in [0.717, 1.165) is 0 Å². The number of carbonyl (C=O) groups excluding carboxylic acids is 1. The topological polar surface area (TPSA) is 83.8 Å². The van der Waals surface area contributed by atoms with Crippen molar-refractivity contribution in [1.82, 2.24) is 0 Å². The molecule has 0 saturated carbocycles. The lowest BCUT2D eigenvalue weighted by Crippen LogP contribution is -2.44. The summed E-state index contributed by atoms with van der Waals surface area (Å²) in [6.07, 6.45) is 5.75. The van der Waals surface area contributed by atoms with Crippen molar-refractivity contribution < 1.29 is 29.0 Å². The molecule has 2 unspecified atom stereocenters. The number of carboxylic acids is 1. The highest BCUT2D eigenvalue weighted by atomic mass is 16.5. The average molecular weight is 314 g/mol. The van der Waals surface area contributed by atoms with Gasteiger partial charge in [-0.25, -0.2) is 0 Å². The molecule has 0 aromatic carbocycles. The highest BCUT2D eigenvalue weighted by molar-refractivity contribution is 5.72. The first-order chi connectivity index (χ1) is 10.1. The Morgan fingerprint density at radius 2 is 1.82 bits per heavy atom. The van der Waals surface area contributed by atoms with E-state index in [4.69, 9.17) is 9.84 Å². The van der Waals surface area contributed by atoms with E-state index in [9.17, 15) is 14.7 Å². The molecule has 6 heteroatoms. The maximum absolute atomic E-state index is 11.8. The first-order valence-electron chi connectivity index (χ1n) is 7.31. The Bertz CT molecular complexity index is 409. The Labute approximate surface area is 132 Å². The predicted octanol–water partition coefficient (Wildman–Crippen LogP) is 1.35. The largest absolute Gasteiger partial charge is 0.481 e. The van der Waals surface area contributed by atoms with Crippen LogP contribution in [0.2, 0.25) is 0 Å². The summed E-state index contributed by atoms with van der Waals surface area (Å²) in [5.74, 6) is -1.61. The van der Waals surface area contributed by atoms with Crippen LogP contribution in [0.1, 0.15) is 26.2 Å². The number of esters is 1. The molecule has 126 valence electrons. The second-order valence-electron chi connectivity index (χ2n) is 6.19. The second kappa shape index (κ2) is 10.1. The minimum absolute atomic E-state index is 0.181. The summed E-state index contributed by atoms with van der Waals surface area (Å²) < 4.78 is 5.68. The van der Waals surface area contributed by atoms with Crippen molar-refractivity contribution in [3.8, 4) is 0 Å². The quantitative estimate of drug-likeness (QED) is 0.361. The molecule has 0 aromatic rings. The fourth-order valence-electron chi connectivity index (χ4n) is 1.87. The van der Waals surface area contributed by atoms with Crippen LogP contribution < -0.4 is 0 Å². The maximum atomic E-state index is 11.8. The first-order valence-corrected chi connectivity index (χ1v) is 7.31. The number of aliphatic hydroxyl groups is 1. The third-order valence-electron chi connectivity index (χ3n) is 2.69. The molecule has 0 aliphatic carbocycles. The van der Waals surface area contributed by atoms with Gasteiger partial charge in [0, 0.05) is 0 Å². The van der Waals surface area contributed by atoms with E-state index in [1.165, 1.54) is 6.08 Å². The lowest BCUT2D eigenvalue weighted by molar-refractivity contribution is -0.873. The van der Waals surface area contributed by atoms with Crippen LogP contribution in [-0.4, -0.2) is 66.5 Å². The van der Waals surface area contributed by atoms with Crippen molar-refractivity contribution in [3.05, 3.63) is 24.3 Å². The van der Waals surface area contributed by atoms with Crippen molar-refractivity contribution in [2.24, 2.45) is 0 Å². The van der Waals surface area contributed by atoms with E-state index in [2.05, 4.69) is 0 Å². The van der Waals surface area contributed by atoms with Gasteiger partial charge in [0.25, 0.3) is 0 Å². The Hall–Kier alpha value is -1.66. The Morgan fingerprint density at radius 1 is 1.18 bits per heavy atom. The molecule has 0 rings (SSSR count). The lowest BCUT2D eigenvalue weighted by atomic mass is 10.2. The van der Waals surface area contributed by atoms with Gasteiger partial charge in [0.05, 0.1) is 40.1 Å². The zero-order chi connectivity index (χ0) is 17.2. The summed E-state index contributed by atoms with van der Waals surface area (Å²) >= 11 is 0. The summed E-state index contributed by atoms with van der Waals surface area (Å²) in [6, 6.07) is 0. The van der Waals surface area contributed by atoms with Crippen molar-refractivity contribution in [2.45, 2.75) is 38.4 Å². The van der Waals surface area contributed by atoms with Gasteiger partial charge in [-0.05, 0) is 13.3 Å². The van der Waals surface area contributed by atoms with E-state index in [0.29, 0.717) is 17.4 Å². The molecular formula is C16H28NO5+. The Balaban J connectivity index is 4.43. The van der Waals surface area contributed by atoms with Crippen molar-refractivity contribution >= 4 is 11.9 Å². The molecule has 0 aromatic heterocycles. The third-order valence-corrected chi connectivity index (χ3v) is 2.69. The minimum Gasteiger partial charge on any atom is -0.481 e. The zero-order valence-electron chi connectivity index (χ0n) is 13.9. The van der Waals surface area contributed by atoms with Gasteiger partial charge in [-0.15, -0.1) is 0 Å². The average Bonchev–Trinajstić information content (AvgIpc) is 2.31. The van der Waals surface area contributed by atoms with Crippen LogP contribution in [-0.2, 0) is 14.3 Å². The third kappa shape index (κ3) is 12.1. The number of allylic oxidation sites excluding steroid dienone is 3. The van der Waals surface area contributed by atoms with Gasteiger partial charge in [-0.3, -0.25) is 9.59 Å². The minimum atomic E-state index is -1.02. The van der Waals surface area contributed by atoms with Crippen LogP contribution in [0.5, 0.6) is 0 Å². The number of carbonyl (C=O) groups is 2. The number of ether oxygens (including phenoxy) is 1. The highest BCUT2D eigenvalue weighted by Crippen LogP contribution is 2.08. The van der Waals surface area contributed by atoms with Crippen LogP contribution in [0.15, 0.2) is 24.3 Å². The molecule has 22 heavy (non-hydrogen) atoms. The van der Waals surface area contributed by atoms with Gasteiger partial charge in [0.15, 0.2) is 6.10 Å². The van der Waals surface area contributed by atoms with Gasteiger partial charge in [-0.1, -0.05) is 24.3 Å².